The molecule has 2 aromatic rings. The fourth-order valence-corrected chi connectivity index (χ4v) is 3.57. The van der Waals surface area contributed by atoms with E-state index in [1.54, 1.807) is 40.9 Å². The molecule has 0 saturated carbocycles. The minimum atomic E-state index is -0.518. The van der Waals surface area contributed by atoms with Gasteiger partial charge in [0.2, 0.25) is 0 Å². The van der Waals surface area contributed by atoms with Gasteiger partial charge in [-0.15, -0.1) is 11.8 Å². The zero-order valence-corrected chi connectivity index (χ0v) is 14.8. The van der Waals surface area contributed by atoms with Gasteiger partial charge in [-0.3, -0.25) is 4.79 Å². The number of carbonyl (C=O) groups excluding carboxylic acids is 2. The molecular formula is C19H19NO4S. The molecule has 1 heterocycles. The number of amides is 1. The van der Waals surface area contributed by atoms with E-state index < -0.39 is 5.97 Å². The molecule has 0 aliphatic carbocycles. The highest BCUT2D eigenvalue weighted by Crippen LogP contribution is 2.34. The van der Waals surface area contributed by atoms with Crippen molar-refractivity contribution in [1.29, 1.82) is 0 Å². The molecule has 1 aliphatic heterocycles. The SMILES string of the molecule is CCOc1ccc(C(=O)OCC(=O)N2CCSc3ccccc32)cc1. The fourth-order valence-electron chi connectivity index (χ4n) is 2.57. The van der Waals surface area contributed by atoms with Crippen LogP contribution in [0.3, 0.4) is 0 Å². The smallest absolute Gasteiger partial charge is 0.338 e. The van der Waals surface area contributed by atoms with Crippen molar-refractivity contribution in [2.24, 2.45) is 0 Å². The van der Waals surface area contributed by atoms with Gasteiger partial charge in [0.05, 0.1) is 17.9 Å². The van der Waals surface area contributed by atoms with Crippen LogP contribution < -0.4 is 9.64 Å². The molecule has 0 unspecified atom stereocenters. The van der Waals surface area contributed by atoms with Crippen molar-refractivity contribution < 1.29 is 19.1 Å². The molecule has 0 radical (unpaired) electrons. The molecule has 0 fully saturated rings. The van der Waals surface area contributed by atoms with Crippen LogP contribution in [0.4, 0.5) is 5.69 Å². The third kappa shape index (κ3) is 4.14. The molecule has 0 atom stereocenters. The van der Waals surface area contributed by atoms with Crippen LogP contribution in [0.1, 0.15) is 17.3 Å². The van der Waals surface area contributed by atoms with Crippen LogP contribution in [0.15, 0.2) is 53.4 Å². The summed E-state index contributed by atoms with van der Waals surface area (Å²) >= 11 is 1.72. The van der Waals surface area contributed by atoms with E-state index in [-0.39, 0.29) is 12.5 Å². The van der Waals surface area contributed by atoms with E-state index in [1.165, 1.54) is 0 Å². The molecule has 25 heavy (non-hydrogen) atoms. The van der Waals surface area contributed by atoms with Crippen LogP contribution in [0, 0.1) is 0 Å². The molecule has 0 aromatic heterocycles. The van der Waals surface area contributed by atoms with Crippen molar-refractivity contribution in [1.82, 2.24) is 0 Å². The molecule has 0 saturated heterocycles. The Labute approximate surface area is 150 Å². The standard InChI is InChI=1S/C19H19NO4S/c1-2-23-15-9-7-14(8-10-15)19(22)24-13-18(21)20-11-12-25-17-6-4-3-5-16(17)20/h3-10H,2,11-13H2,1H3. The number of para-hydroxylation sites is 1. The number of thioether (sulfide) groups is 1. The maximum Gasteiger partial charge on any atom is 0.338 e. The molecule has 1 amide bonds. The number of hydrogen-bond donors (Lipinski definition) is 0. The summed E-state index contributed by atoms with van der Waals surface area (Å²) in [6.07, 6.45) is 0. The maximum atomic E-state index is 12.5. The molecule has 1 aliphatic rings. The van der Waals surface area contributed by atoms with E-state index in [1.807, 2.05) is 31.2 Å². The lowest BCUT2D eigenvalue weighted by Crippen LogP contribution is -2.38. The number of carbonyl (C=O) groups is 2. The average Bonchev–Trinajstić information content (AvgIpc) is 2.66. The van der Waals surface area contributed by atoms with Gasteiger partial charge < -0.3 is 14.4 Å². The number of rotatable bonds is 5. The second-order valence-corrected chi connectivity index (χ2v) is 6.53. The van der Waals surface area contributed by atoms with E-state index >= 15 is 0 Å². The summed E-state index contributed by atoms with van der Waals surface area (Å²) in [5.74, 6) is 0.788. The van der Waals surface area contributed by atoms with Crippen molar-refractivity contribution in [3.63, 3.8) is 0 Å². The van der Waals surface area contributed by atoms with Gasteiger partial charge in [-0.25, -0.2) is 4.79 Å². The Morgan fingerprint density at radius 3 is 2.64 bits per heavy atom. The average molecular weight is 357 g/mol. The Morgan fingerprint density at radius 2 is 1.88 bits per heavy atom. The summed E-state index contributed by atoms with van der Waals surface area (Å²) in [5, 5.41) is 0. The van der Waals surface area contributed by atoms with Crippen molar-refractivity contribution >= 4 is 29.3 Å². The zero-order chi connectivity index (χ0) is 17.6. The molecule has 5 nitrogen and oxygen atoms in total. The van der Waals surface area contributed by atoms with Gasteiger partial charge in [-0.05, 0) is 43.3 Å². The van der Waals surface area contributed by atoms with Crippen LogP contribution in [0.25, 0.3) is 0 Å². The maximum absolute atomic E-state index is 12.5. The summed E-state index contributed by atoms with van der Waals surface area (Å²) in [7, 11) is 0. The largest absolute Gasteiger partial charge is 0.494 e. The van der Waals surface area contributed by atoms with E-state index in [0.717, 1.165) is 16.3 Å². The van der Waals surface area contributed by atoms with Crippen LogP contribution in [-0.4, -0.2) is 37.4 Å². The number of hydrogen-bond acceptors (Lipinski definition) is 5. The first-order valence-corrected chi connectivity index (χ1v) is 9.10. The van der Waals surface area contributed by atoms with Gasteiger partial charge in [0.1, 0.15) is 5.75 Å². The van der Waals surface area contributed by atoms with Crippen LogP contribution >= 0.6 is 11.8 Å². The van der Waals surface area contributed by atoms with Crippen LogP contribution in [0.5, 0.6) is 5.75 Å². The van der Waals surface area contributed by atoms with Gasteiger partial charge in [-0.1, -0.05) is 12.1 Å². The highest BCUT2D eigenvalue weighted by atomic mass is 32.2. The predicted octanol–water partition coefficient (Wildman–Crippen LogP) is 3.38. The predicted molar refractivity (Wildman–Crippen MR) is 97.4 cm³/mol. The van der Waals surface area contributed by atoms with Crippen LogP contribution in [-0.2, 0) is 9.53 Å². The molecule has 0 spiro atoms. The Kier molecular flexibility index (Phi) is 5.60. The van der Waals surface area contributed by atoms with Crippen LogP contribution in [0.2, 0.25) is 0 Å². The highest BCUT2D eigenvalue weighted by Gasteiger charge is 2.23. The van der Waals surface area contributed by atoms with Gasteiger partial charge in [0.15, 0.2) is 6.61 Å². The molecule has 0 N–H and O–H groups in total. The summed E-state index contributed by atoms with van der Waals surface area (Å²) in [6, 6.07) is 14.4. The number of fused-ring (bicyclic) bond motifs is 1. The summed E-state index contributed by atoms with van der Waals surface area (Å²) < 4.78 is 10.5. The van der Waals surface area contributed by atoms with Crippen molar-refractivity contribution in [2.75, 3.05) is 30.4 Å². The quantitative estimate of drug-likeness (QED) is 0.768. The van der Waals surface area contributed by atoms with Gasteiger partial charge in [-0.2, -0.15) is 0 Å². The minimum Gasteiger partial charge on any atom is -0.494 e. The monoisotopic (exact) mass is 357 g/mol. The first-order valence-electron chi connectivity index (χ1n) is 8.11. The third-order valence-corrected chi connectivity index (χ3v) is 4.80. The first kappa shape index (κ1) is 17.4. The molecular weight excluding hydrogens is 338 g/mol. The third-order valence-electron chi connectivity index (χ3n) is 3.76. The Bertz CT molecular complexity index is 760. The number of ether oxygens (including phenoxy) is 2. The van der Waals surface area contributed by atoms with Crippen molar-refractivity contribution in [3.8, 4) is 5.75 Å². The molecule has 2 aromatic carbocycles. The van der Waals surface area contributed by atoms with E-state index in [0.29, 0.717) is 24.5 Å². The number of nitrogens with zero attached hydrogens (tertiary/aromatic N) is 1. The number of benzene rings is 2. The zero-order valence-electron chi connectivity index (χ0n) is 13.9. The van der Waals surface area contributed by atoms with E-state index in [9.17, 15) is 9.59 Å². The van der Waals surface area contributed by atoms with Gasteiger partial charge >= 0.3 is 5.97 Å². The Balaban J connectivity index is 1.60. The highest BCUT2D eigenvalue weighted by molar-refractivity contribution is 7.99. The first-order chi connectivity index (χ1) is 12.2. The lowest BCUT2D eigenvalue weighted by Gasteiger charge is -2.28. The topological polar surface area (TPSA) is 55.8 Å². The lowest BCUT2D eigenvalue weighted by molar-refractivity contribution is -0.121. The van der Waals surface area contributed by atoms with Crippen molar-refractivity contribution in [2.45, 2.75) is 11.8 Å². The Hall–Kier alpha value is -2.47. The summed E-state index contributed by atoms with van der Waals surface area (Å²) in [4.78, 5) is 27.3. The van der Waals surface area contributed by atoms with Gasteiger partial charge in [0, 0.05) is 17.2 Å². The normalized spacial score (nSPS) is 13.1. The number of esters is 1. The summed E-state index contributed by atoms with van der Waals surface area (Å²) in [5.41, 5.74) is 1.27. The minimum absolute atomic E-state index is 0.216. The second-order valence-electron chi connectivity index (χ2n) is 5.40. The summed E-state index contributed by atoms with van der Waals surface area (Å²) in [6.45, 7) is 2.80. The Morgan fingerprint density at radius 1 is 1.12 bits per heavy atom. The van der Waals surface area contributed by atoms with Crippen molar-refractivity contribution in [3.05, 3.63) is 54.1 Å². The van der Waals surface area contributed by atoms with Gasteiger partial charge in [0.25, 0.3) is 5.91 Å². The lowest BCUT2D eigenvalue weighted by atomic mass is 10.2. The molecule has 130 valence electrons. The number of anilines is 1. The van der Waals surface area contributed by atoms with E-state index in [2.05, 4.69) is 0 Å². The molecule has 6 heteroatoms. The second kappa shape index (κ2) is 8.07. The van der Waals surface area contributed by atoms with E-state index in [4.69, 9.17) is 9.47 Å². The molecule has 0 bridgehead atoms. The fraction of sp³-hybridized carbons (Fsp3) is 0.263. The molecule has 3 rings (SSSR count).